The predicted molar refractivity (Wildman–Crippen MR) is 73.5 cm³/mol. The average molecular weight is 249 g/mol. The Morgan fingerprint density at radius 3 is 2.56 bits per heavy atom. The van der Waals surface area contributed by atoms with Crippen LogP contribution in [0, 0.1) is 13.8 Å². The summed E-state index contributed by atoms with van der Waals surface area (Å²) in [7, 11) is 0. The molecular formula is C15H23NO2. The Hall–Kier alpha value is -1.35. The summed E-state index contributed by atoms with van der Waals surface area (Å²) in [6.45, 7) is 10.7. The highest BCUT2D eigenvalue weighted by Crippen LogP contribution is 2.10. The molecule has 0 heterocycles. The Morgan fingerprint density at radius 1 is 1.28 bits per heavy atom. The van der Waals surface area contributed by atoms with Crippen molar-refractivity contribution in [3.8, 4) is 0 Å². The monoisotopic (exact) mass is 249 g/mol. The third-order valence-electron chi connectivity index (χ3n) is 2.51. The topological polar surface area (TPSA) is 38.3 Å². The van der Waals surface area contributed by atoms with E-state index in [1.807, 2.05) is 20.8 Å². The van der Waals surface area contributed by atoms with Gasteiger partial charge in [-0.2, -0.15) is 0 Å². The summed E-state index contributed by atoms with van der Waals surface area (Å²) in [5.41, 5.74) is 3.27. The maximum absolute atomic E-state index is 11.5. The molecule has 0 fully saturated rings. The second-order valence-corrected chi connectivity index (χ2v) is 5.62. The summed E-state index contributed by atoms with van der Waals surface area (Å²) in [5.74, 6) is -0.215. The van der Waals surface area contributed by atoms with Gasteiger partial charge in [-0.3, -0.25) is 4.79 Å². The number of carbonyl (C=O) groups is 1. The van der Waals surface area contributed by atoms with Gasteiger partial charge in [0.05, 0.1) is 6.54 Å². The van der Waals surface area contributed by atoms with Gasteiger partial charge in [-0.25, -0.2) is 0 Å². The Balaban J connectivity index is 2.42. The first kappa shape index (κ1) is 14.7. The van der Waals surface area contributed by atoms with Crippen molar-refractivity contribution in [2.24, 2.45) is 0 Å². The zero-order valence-electron chi connectivity index (χ0n) is 12.0. The van der Waals surface area contributed by atoms with Gasteiger partial charge >= 0.3 is 5.97 Å². The van der Waals surface area contributed by atoms with Crippen LogP contribution in [0.1, 0.15) is 37.5 Å². The molecule has 0 aromatic heterocycles. The van der Waals surface area contributed by atoms with Gasteiger partial charge in [0.1, 0.15) is 5.60 Å². The third-order valence-corrected chi connectivity index (χ3v) is 2.51. The summed E-state index contributed by atoms with van der Waals surface area (Å²) < 4.78 is 5.23. The highest BCUT2D eigenvalue weighted by atomic mass is 16.6. The first-order chi connectivity index (χ1) is 8.28. The molecule has 3 heteroatoms. The molecule has 1 N–H and O–H groups in total. The van der Waals surface area contributed by atoms with Crippen LogP contribution >= 0.6 is 0 Å². The van der Waals surface area contributed by atoms with Crippen LogP contribution in [0.3, 0.4) is 0 Å². The van der Waals surface area contributed by atoms with Crippen molar-refractivity contribution in [3.05, 3.63) is 34.9 Å². The summed E-state index contributed by atoms with van der Waals surface area (Å²) in [5, 5.41) is 3.12. The normalized spacial score (nSPS) is 11.4. The quantitative estimate of drug-likeness (QED) is 0.834. The fourth-order valence-electron chi connectivity index (χ4n) is 1.67. The van der Waals surface area contributed by atoms with Crippen LogP contribution < -0.4 is 5.32 Å². The number of esters is 1. The Labute approximate surface area is 110 Å². The lowest BCUT2D eigenvalue weighted by atomic mass is 10.1. The Bertz CT molecular complexity index is 419. The van der Waals surface area contributed by atoms with E-state index in [2.05, 4.69) is 37.4 Å². The lowest BCUT2D eigenvalue weighted by Crippen LogP contribution is -2.31. The average Bonchev–Trinajstić information content (AvgIpc) is 2.20. The lowest BCUT2D eigenvalue weighted by Gasteiger charge is -2.19. The first-order valence-electron chi connectivity index (χ1n) is 6.26. The molecule has 0 aliphatic heterocycles. The molecule has 100 valence electrons. The van der Waals surface area contributed by atoms with Crippen molar-refractivity contribution in [1.82, 2.24) is 5.32 Å². The molecule has 0 aliphatic rings. The number of ether oxygens (including phenoxy) is 1. The Kier molecular flexibility index (Phi) is 4.91. The SMILES string of the molecule is Cc1ccc(C)c(CNCC(=O)OC(C)(C)C)c1. The number of hydrogen-bond donors (Lipinski definition) is 1. The highest BCUT2D eigenvalue weighted by Gasteiger charge is 2.15. The number of nitrogens with one attached hydrogen (secondary N) is 1. The van der Waals surface area contributed by atoms with Crippen molar-refractivity contribution in [2.75, 3.05) is 6.54 Å². The van der Waals surface area contributed by atoms with Crippen molar-refractivity contribution in [3.63, 3.8) is 0 Å². The molecule has 0 unspecified atom stereocenters. The number of aryl methyl sites for hydroxylation is 2. The number of hydrogen-bond acceptors (Lipinski definition) is 3. The van der Waals surface area contributed by atoms with Gasteiger partial charge < -0.3 is 10.1 Å². The van der Waals surface area contributed by atoms with Crippen molar-refractivity contribution in [2.45, 2.75) is 46.8 Å². The molecular weight excluding hydrogens is 226 g/mol. The van der Waals surface area contributed by atoms with E-state index < -0.39 is 5.60 Å². The molecule has 0 aliphatic carbocycles. The van der Waals surface area contributed by atoms with Gasteiger partial charge in [-0.05, 0) is 45.7 Å². The van der Waals surface area contributed by atoms with E-state index in [4.69, 9.17) is 4.74 Å². The van der Waals surface area contributed by atoms with E-state index in [1.165, 1.54) is 16.7 Å². The molecule has 0 saturated heterocycles. The largest absolute Gasteiger partial charge is 0.459 e. The molecule has 0 spiro atoms. The van der Waals surface area contributed by atoms with Crippen LogP contribution in [0.4, 0.5) is 0 Å². The molecule has 0 amide bonds. The summed E-state index contributed by atoms with van der Waals surface area (Å²) >= 11 is 0. The van der Waals surface area contributed by atoms with Crippen LogP contribution in [0.2, 0.25) is 0 Å². The van der Waals surface area contributed by atoms with Crippen LogP contribution in [0.25, 0.3) is 0 Å². The number of rotatable bonds is 4. The summed E-state index contributed by atoms with van der Waals surface area (Å²) in [4.78, 5) is 11.5. The van der Waals surface area contributed by atoms with Crippen LogP contribution in [0.15, 0.2) is 18.2 Å². The molecule has 3 nitrogen and oxygen atoms in total. The van der Waals surface area contributed by atoms with Crippen molar-refractivity contribution in [1.29, 1.82) is 0 Å². The van der Waals surface area contributed by atoms with Gasteiger partial charge in [0.15, 0.2) is 0 Å². The number of benzene rings is 1. The van der Waals surface area contributed by atoms with E-state index in [-0.39, 0.29) is 12.5 Å². The van der Waals surface area contributed by atoms with Crippen molar-refractivity contribution >= 4 is 5.97 Å². The van der Waals surface area contributed by atoms with E-state index in [9.17, 15) is 4.79 Å². The van der Waals surface area contributed by atoms with Crippen LogP contribution in [-0.2, 0) is 16.1 Å². The second kappa shape index (κ2) is 6.01. The molecule has 0 bridgehead atoms. The smallest absolute Gasteiger partial charge is 0.320 e. The second-order valence-electron chi connectivity index (χ2n) is 5.62. The molecule has 0 radical (unpaired) electrons. The minimum Gasteiger partial charge on any atom is -0.459 e. The molecule has 1 aromatic carbocycles. The minimum absolute atomic E-state index is 0.215. The molecule has 18 heavy (non-hydrogen) atoms. The van der Waals surface area contributed by atoms with Gasteiger partial charge in [-0.15, -0.1) is 0 Å². The highest BCUT2D eigenvalue weighted by molar-refractivity contribution is 5.72. The molecule has 1 aromatic rings. The predicted octanol–water partition coefficient (Wildman–Crippen LogP) is 2.73. The molecule has 0 atom stereocenters. The van der Waals surface area contributed by atoms with E-state index >= 15 is 0 Å². The summed E-state index contributed by atoms with van der Waals surface area (Å²) in [6.07, 6.45) is 0. The van der Waals surface area contributed by atoms with Crippen molar-refractivity contribution < 1.29 is 9.53 Å². The fraction of sp³-hybridized carbons (Fsp3) is 0.533. The number of carbonyl (C=O) groups excluding carboxylic acids is 1. The fourth-order valence-corrected chi connectivity index (χ4v) is 1.67. The van der Waals surface area contributed by atoms with Crippen LogP contribution in [0.5, 0.6) is 0 Å². The van der Waals surface area contributed by atoms with Gasteiger partial charge in [0, 0.05) is 6.54 Å². The standard InChI is InChI=1S/C15H23NO2/c1-11-6-7-12(2)13(8-11)9-16-10-14(17)18-15(3,4)5/h6-8,16H,9-10H2,1-5H3. The minimum atomic E-state index is -0.419. The molecule has 1 rings (SSSR count). The lowest BCUT2D eigenvalue weighted by molar-refractivity contribution is -0.153. The summed E-state index contributed by atoms with van der Waals surface area (Å²) in [6, 6.07) is 6.32. The van der Waals surface area contributed by atoms with Crippen LogP contribution in [-0.4, -0.2) is 18.1 Å². The maximum atomic E-state index is 11.5. The molecule has 0 saturated carbocycles. The van der Waals surface area contributed by atoms with Gasteiger partial charge in [0.25, 0.3) is 0 Å². The van der Waals surface area contributed by atoms with Gasteiger partial charge in [0.2, 0.25) is 0 Å². The maximum Gasteiger partial charge on any atom is 0.320 e. The zero-order valence-corrected chi connectivity index (χ0v) is 12.0. The zero-order chi connectivity index (χ0) is 13.8. The van der Waals surface area contributed by atoms with E-state index in [0.29, 0.717) is 6.54 Å². The Morgan fingerprint density at radius 2 is 1.94 bits per heavy atom. The first-order valence-corrected chi connectivity index (χ1v) is 6.26. The van der Waals surface area contributed by atoms with Gasteiger partial charge in [-0.1, -0.05) is 23.8 Å². The van der Waals surface area contributed by atoms with E-state index in [1.54, 1.807) is 0 Å². The third kappa shape index (κ3) is 5.32. The van der Waals surface area contributed by atoms with E-state index in [0.717, 1.165) is 0 Å².